The van der Waals surface area contributed by atoms with Crippen LogP contribution in [0.3, 0.4) is 0 Å². The molecule has 0 bridgehead atoms. The first-order valence-corrected chi connectivity index (χ1v) is 10.4. The molecule has 160 valence electrons. The third-order valence-corrected chi connectivity index (χ3v) is 4.94. The first-order valence-electron chi connectivity index (χ1n) is 10.4. The second kappa shape index (κ2) is 9.31. The van der Waals surface area contributed by atoms with Crippen LogP contribution >= 0.6 is 0 Å². The van der Waals surface area contributed by atoms with E-state index >= 15 is 0 Å². The van der Waals surface area contributed by atoms with Crippen LogP contribution < -0.4 is 14.5 Å². The zero-order valence-corrected chi connectivity index (χ0v) is 17.6. The smallest absolute Gasteiger partial charge is 0.343 e. The number of anilines is 2. The van der Waals surface area contributed by atoms with Crippen molar-refractivity contribution in [1.29, 1.82) is 0 Å². The van der Waals surface area contributed by atoms with Gasteiger partial charge in [-0.15, -0.1) is 0 Å². The molecule has 3 aromatic carbocycles. The summed E-state index contributed by atoms with van der Waals surface area (Å²) < 4.78 is 5.59. The number of carbonyl (C=O) groups is 3. The Hall–Kier alpha value is -4.19. The number of hydrogen-bond acceptors (Lipinski definition) is 4. The summed E-state index contributed by atoms with van der Waals surface area (Å²) in [5, 5.41) is 0. The predicted octanol–water partition coefficient (Wildman–Crippen LogP) is 5.06. The number of nitrogens with zero attached hydrogens (tertiary/aromatic N) is 2. The van der Waals surface area contributed by atoms with Crippen molar-refractivity contribution in [1.82, 2.24) is 0 Å². The van der Waals surface area contributed by atoms with E-state index in [0.29, 0.717) is 29.3 Å². The van der Waals surface area contributed by atoms with E-state index in [9.17, 15) is 14.4 Å². The number of hydrogen-bond donors (Lipinski definition) is 0. The van der Waals surface area contributed by atoms with E-state index in [1.165, 1.54) is 6.08 Å². The van der Waals surface area contributed by atoms with Gasteiger partial charge in [0.15, 0.2) is 0 Å². The lowest BCUT2D eigenvalue weighted by atomic mass is 10.0. The monoisotopic (exact) mass is 426 g/mol. The highest BCUT2D eigenvalue weighted by Crippen LogP contribution is 2.29. The highest BCUT2D eigenvalue weighted by molar-refractivity contribution is 6.46. The van der Waals surface area contributed by atoms with Crippen LogP contribution in [-0.2, 0) is 9.59 Å². The summed E-state index contributed by atoms with van der Waals surface area (Å²) >= 11 is 0. The summed E-state index contributed by atoms with van der Waals surface area (Å²) in [6.07, 6.45) is 2.40. The molecule has 0 aliphatic carbocycles. The number of benzene rings is 3. The molecule has 0 radical (unpaired) electrons. The number of rotatable bonds is 6. The van der Waals surface area contributed by atoms with E-state index in [1.54, 1.807) is 84.9 Å². The molecule has 0 atom stereocenters. The zero-order valence-electron chi connectivity index (χ0n) is 17.6. The van der Waals surface area contributed by atoms with Crippen molar-refractivity contribution in [2.75, 3.05) is 16.4 Å². The minimum Gasteiger partial charge on any atom is -0.494 e. The van der Waals surface area contributed by atoms with Crippen LogP contribution in [0.2, 0.25) is 0 Å². The van der Waals surface area contributed by atoms with Crippen LogP contribution in [0.1, 0.15) is 18.9 Å². The SMILES string of the molecule is CCCOc1ccc(C=C2C(=O)N(c3ccccc3)C(=O)N(c3ccccc3)C2=O)cc1. The maximum Gasteiger partial charge on any atom is 0.343 e. The van der Waals surface area contributed by atoms with Crippen molar-refractivity contribution in [2.24, 2.45) is 0 Å². The summed E-state index contributed by atoms with van der Waals surface area (Å²) in [5.74, 6) is -0.614. The summed E-state index contributed by atoms with van der Waals surface area (Å²) in [6.45, 7) is 2.63. The normalized spacial score (nSPS) is 14.0. The van der Waals surface area contributed by atoms with E-state index in [-0.39, 0.29) is 5.57 Å². The third kappa shape index (κ3) is 4.16. The zero-order chi connectivity index (χ0) is 22.5. The van der Waals surface area contributed by atoms with Crippen molar-refractivity contribution in [2.45, 2.75) is 13.3 Å². The fourth-order valence-corrected chi connectivity index (χ4v) is 3.39. The summed E-state index contributed by atoms with van der Waals surface area (Å²) in [7, 11) is 0. The van der Waals surface area contributed by atoms with Crippen molar-refractivity contribution in [3.05, 3.63) is 96.1 Å². The molecule has 4 amide bonds. The molecule has 6 heteroatoms. The number of imide groups is 2. The highest BCUT2D eigenvalue weighted by atomic mass is 16.5. The van der Waals surface area contributed by atoms with E-state index < -0.39 is 17.8 Å². The number of barbiturate groups is 1. The van der Waals surface area contributed by atoms with Crippen molar-refractivity contribution >= 4 is 35.3 Å². The first kappa shape index (κ1) is 21.1. The maximum absolute atomic E-state index is 13.3. The average molecular weight is 426 g/mol. The minimum absolute atomic E-state index is 0.0977. The maximum atomic E-state index is 13.3. The molecule has 0 unspecified atom stereocenters. The molecule has 3 aromatic rings. The Kier molecular flexibility index (Phi) is 6.12. The summed E-state index contributed by atoms with van der Waals surface area (Å²) in [5.41, 5.74) is 1.34. The van der Waals surface area contributed by atoms with Crippen LogP contribution in [0.4, 0.5) is 16.2 Å². The van der Waals surface area contributed by atoms with E-state index in [1.807, 2.05) is 6.92 Å². The highest BCUT2D eigenvalue weighted by Gasteiger charge is 2.43. The molecule has 0 saturated carbocycles. The van der Waals surface area contributed by atoms with Gasteiger partial charge in [0, 0.05) is 0 Å². The van der Waals surface area contributed by atoms with Crippen LogP contribution in [0.5, 0.6) is 5.75 Å². The van der Waals surface area contributed by atoms with Gasteiger partial charge in [-0.05, 0) is 54.5 Å². The minimum atomic E-state index is -0.710. The Balaban J connectivity index is 1.76. The molecule has 32 heavy (non-hydrogen) atoms. The molecular weight excluding hydrogens is 404 g/mol. The lowest BCUT2D eigenvalue weighted by Gasteiger charge is -2.33. The summed E-state index contributed by atoms with van der Waals surface area (Å²) in [4.78, 5) is 41.9. The summed E-state index contributed by atoms with van der Waals surface area (Å²) in [6, 6.07) is 23.6. The molecule has 0 N–H and O–H groups in total. The van der Waals surface area contributed by atoms with Crippen LogP contribution in [0.25, 0.3) is 6.08 Å². The quantitative estimate of drug-likeness (QED) is 0.408. The molecule has 1 heterocycles. The number of urea groups is 1. The fraction of sp³-hybridized carbons (Fsp3) is 0.115. The molecule has 6 nitrogen and oxygen atoms in total. The molecule has 1 aliphatic rings. The fourth-order valence-electron chi connectivity index (χ4n) is 3.39. The van der Waals surface area contributed by atoms with E-state index in [4.69, 9.17) is 4.74 Å². The average Bonchev–Trinajstić information content (AvgIpc) is 2.83. The Morgan fingerprint density at radius 2 is 1.22 bits per heavy atom. The van der Waals surface area contributed by atoms with Gasteiger partial charge in [-0.1, -0.05) is 55.5 Å². The van der Waals surface area contributed by atoms with E-state index in [0.717, 1.165) is 16.2 Å². The lowest BCUT2D eigenvalue weighted by Crippen LogP contribution is -2.57. The Bertz CT molecular complexity index is 1090. The van der Waals surface area contributed by atoms with Gasteiger partial charge in [-0.3, -0.25) is 9.59 Å². The topological polar surface area (TPSA) is 66.9 Å². The third-order valence-electron chi connectivity index (χ3n) is 4.94. The molecule has 1 aliphatic heterocycles. The van der Waals surface area contributed by atoms with Gasteiger partial charge in [-0.25, -0.2) is 14.6 Å². The first-order chi connectivity index (χ1) is 15.6. The van der Waals surface area contributed by atoms with Gasteiger partial charge in [0.25, 0.3) is 11.8 Å². The van der Waals surface area contributed by atoms with Crippen molar-refractivity contribution in [3.8, 4) is 5.75 Å². The number of para-hydroxylation sites is 2. The second-order valence-corrected chi connectivity index (χ2v) is 7.21. The van der Waals surface area contributed by atoms with Crippen molar-refractivity contribution < 1.29 is 19.1 Å². The van der Waals surface area contributed by atoms with E-state index in [2.05, 4.69) is 0 Å². The predicted molar refractivity (Wildman–Crippen MR) is 123 cm³/mol. The van der Waals surface area contributed by atoms with Gasteiger partial charge in [0.2, 0.25) is 0 Å². The number of carbonyl (C=O) groups excluding carboxylic acids is 3. The molecule has 0 aromatic heterocycles. The van der Waals surface area contributed by atoms with Gasteiger partial charge in [-0.2, -0.15) is 0 Å². The van der Waals surface area contributed by atoms with Crippen LogP contribution in [0.15, 0.2) is 90.5 Å². The number of amides is 4. The molecular formula is C26H22N2O4. The van der Waals surface area contributed by atoms with Crippen LogP contribution in [-0.4, -0.2) is 24.5 Å². The number of ether oxygens (including phenoxy) is 1. The Morgan fingerprint density at radius 1 is 0.719 bits per heavy atom. The lowest BCUT2D eigenvalue weighted by molar-refractivity contribution is -0.121. The van der Waals surface area contributed by atoms with Gasteiger partial charge in [0.1, 0.15) is 11.3 Å². The van der Waals surface area contributed by atoms with Gasteiger partial charge in [0.05, 0.1) is 18.0 Å². The standard InChI is InChI=1S/C26H22N2O4/c1-2-17-32-22-15-13-19(14-16-22)18-23-24(29)27(20-9-5-3-6-10-20)26(31)28(25(23)30)21-11-7-4-8-12-21/h3-16,18H,2,17H2,1H3. The molecule has 4 rings (SSSR count). The van der Waals surface area contributed by atoms with Crippen LogP contribution in [0, 0.1) is 0 Å². The molecule has 1 fully saturated rings. The Morgan fingerprint density at radius 3 is 1.69 bits per heavy atom. The second-order valence-electron chi connectivity index (χ2n) is 7.21. The largest absolute Gasteiger partial charge is 0.494 e. The van der Waals surface area contributed by atoms with Gasteiger partial charge < -0.3 is 4.74 Å². The van der Waals surface area contributed by atoms with Crippen molar-refractivity contribution in [3.63, 3.8) is 0 Å². The van der Waals surface area contributed by atoms with Gasteiger partial charge >= 0.3 is 6.03 Å². The molecule has 1 saturated heterocycles. The Labute approximate surface area is 186 Å². The molecule has 0 spiro atoms.